The Morgan fingerprint density at radius 2 is 1.94 bits per heavy atom. The van der Waals surface area contributed by atoms with Gasteiger partial charge in [-0.1, -0.05) is 19.1 Å². The van der Waals surface area contributed by atoms with Crippen LogP contribution in [0.5, 0.6) is 5.75 Å². The van der Waals surface area contributed by atoms with E-state index in [0.29, 0.717) is 25.2 Å². The third kappa shape index (κ3) is 2.85. The molecule has 1 aliphatic rings. The van der Waals surface area contributed by atoms with E-state index in [4.69, 9.17) is 9.47 Å². The van der Waals surface area contributed by atoms with E-state index in [9.17, 15) is 0 Å². The Morgan fingerprint density at radius 1 is 1.22 bits per heavy atom. The van der Waals surface area contributed by atoms with E-state index in [-0.39, 0.29) is 0 Å². The molecule has 0 saturated heterocycles. The quantitative estimate of drug-likeness (QED) is 0.785. The van der Waals surface area contributed by atoms with Gasteiger partial charge in [-0.2, -0.15) is 0 Å². The number of rotatable bonds is 6. The summed E-state index contributed by atoms with van der Waals surface area (Å²) < 4.78 is 10.5. The van der Waals surface area contributed by atoms with Crippen LogP contribution >= 0.6 is 0 Å². The Bertz CT molecular complexity index is 363. The molecule has 1 N–H and O–H groups in total. The van der Waals surface area contributed by atoms with Crippen LogP contribution in [0.4, 0.5) is 0 Å². The second-order valence-electron chi connectivity index (χ2n) is 5.01. The molecule has 3 atom stereocenters. The van der Waals surface area contributed by atoms with Gasteiger partial charge in [-0.25, -0.2) is 0 Å². The van der Waals surface area contributed by atoms with Gasteiger partial charge in [0, 0.05) is 13.2 Å². The highest BCUT2D eigenvalue weighted by atomic mass is 16.5. The smallest absolute Gasteiger partial charge is 0.119 e. The van der Waals surface area contributed by atoms with Crippen molar-refractivity contribution in [3.8, 4) is 5.75 Å². The summed E-state index contributed by atoms with van der Waals surface area (Å²) in [5, 5.41) is 3.36. The summed E-state index contributed by atoms with van der Waals surface area (Å²) in [5.74, 6) is 2.33. The highest BCUT2D eigenvalue weighted by molar-refractivity contribution is 5.31. The number of hydrogen-bond donors (Lipinski definition) is 1. The van der Waals surface area contributed by atoms with Crippen molar-refractivity contribution in [3.63, 3.8) is 0 Å². The van der Waals surface area contributed by atoms with Gasteiger partial charge in [0.1, 0.15) is 12.4 Å². The molecule has 1 fully saturated rings. The summed E-state index contributed by atoms with van der Waals surface area (Å²) in [5.41, 5.74) is 1.42. The normalized spacial score (nSPS) is 26.7. The van der Waals surface area contributed by atoms with Gasteiger partial charge in [-0.15, -0.1) is 0 Å². The van der Waals surface area contributed by atoms with Crippen molar-refractivity contribution >= 4 is 0 Å². The number of methoxy groups -OCH3 is 1. The molecule has 1 aliphatic carbocycles. The molecule has 18 heavy (non-hydrogen) atoms. The SMILES string of the molecule is CNC1CC(c2ccc(OCCOC)cc2)C1C. The first kappa shape index (κ1) is 13.4. The molecule has 3 nitrogen and oxygen atoms in total. The number of benzene rings is 1. The molecular formula is C15H23NO2. The van der Waals surface area contributed by atoms with Crippen molar-refractivity contribution in [1.82, 2.24) is 5.32 Å². The average Bonchev–Trinajstić information content (AvgIpc) is 2.40. The van der Waals surface area contributed by atoms with Crippen LogP contribution in [-0.4, -0.2) is 33.4 Å². The van der Waals surface area contributed by atoms with Gasteiger partial charge < -0.3 is 14.8 Å². The molecular weight excluding hydrogens is 226 g/mol. The second-order valence-corrected chi connectivity index (χ2v) is 5.01. The molecule has 1 saturated carbocycles. The summed E-state index contributed by atoms with van der Waals surface area (Å²) in [6.07, 6.45) is 1.24. The van der Waals surface area contributed by atoms with Crippen molar-refractivity contribution in [1.29, 1.82) is 0 Å². The molecule has 3 heteroatoms. The predicted octanol–water partition coefficient (Wildman–Crippen LogP) is 2.42. The van der Waals surface area contributed by atoms with Crippen LogP contribution in [0.25, 0.3) is 0 Å². The lowest BCUT2D eigenvalue weighted by molar-refractivity contribution is 0.146. The number of ether oxygens (including phenoxy) is 2. The Kier molecular flexibility index (Phi) is 4.61. The van der Waals surface area contributed by atoms with E-state index in [2.05, 4.69) is 36.5 Å². The van der Waals surface area contributed by atoms with E-state index in [1.54, 1.807) is 7.11 Å². The van der Waals surface area contributed by atoms with Gasteiger partial charge in [0.2, 0.25) is 0 Å². The molecule has 1 aromatic carbocycles. The molecule has 1 aromatic rings. The van der Waals surface area contributed by atoms with Crippen molar-refractivity contribution < 1.29 is 9.47 Å². The van der Waals surface area contributed by atoms with Gasteiger partial charge in [-0.3, -0.25) is 0 Å². The fourth-order valence-corrected chi connectivity index (χ4v) is 2.66. The number of nitrogens with one attached hydrogen (secondary N) is 1. The minimum absolute atomic E-state index is 0.609. The molecule has 0 aromatic heterocycles. The Balaban J connectivity index is 1.88. The first-order valence-corrected chi connectivity index (χ1v) is 6.65. The molecule has 0 amide bonds. The maximum absolute atomic E-state index is 5.56. The zero-order valence-electron chi connectivity index (χ0n) is 11.5. The topological polar surface area (TPSA) is 30.5 Å². The van der Waals surface area contributed by atoms with Gasteiger partial charge >= 0.3 is 0 Å². The molecule has 100 valence electrons. The lowest BCUT2D eigenvalue weighted by atomic mass is 9.67. The molecule has 2 rings (SSSR count). The average molecular weight is 249 g/mol. The van der Waals surface area contributed by atoms with Gasteiger partial charge in [0.15, 0.2) is 0 Å². The van der Waals surface area contributed by atoms with Crippen molar-refractivity contribution in [2.24, 2.45) is 5.92 Å². The third-order valence-electron chi connectivity index (χ3n) is 4.01. The molecule has 0 heterocycles. The van der Waals surface area contributed by atoms with Crippen molar-refractivity contribution in [2.45, 2.75) is 25.3 Å². The predicted molar refractivity (Wildman–Crippen MR) is 73.2 cm³/mol. The molecule has 0 bridgehead atoms. The summed E-state index contributed by atoms with van der Waals surface area (Å²) in [6.45, 7) is 3.56. The molecule has 3 unspecified atom stereocenters. The van der Waals surface area contributed by atoms with Gasteiger partial charge in [-0.05, 0) is 43.0 Å². The van der Waals surface area contributed by atoms with E-state index in [1.807, 2.05) is 7.05 Å². The van der Waals surface area contributed by atoms with Crippen LogP contribution in [0.1, 0.15) is 24.8 Å². The minimum Gasteiger partial charge on any atom is -0.491 e. The zero-order valence-corrected chi connectivity index (χ0v) is 11.5. The summed E-state index contributed by atoms with van der Waals surface area (Å²) in [7, 11) is 3.73. The maximum atomic E-state index is 5.56. The first-order chi connectivity index (χ1) is 8.76. The second kappa shape index (κ2) is 6.21. The van der Waals surface area contributed by atoms with Crippen LogP contribution in [-0.2, 0) is 4.74 Å². The van der Waals surface area contributed by atoms with Crippen LogP contribution in [0.15, 0.2) is 24.3 Å². The monoisotopic (exact) mass is 249 g/mol. The molecule has 0 radical (unpaired) electrons. The summed E-state index contributed by atoms with van der Waals surface area (Å²) in [6, 6.07) is 9.17. The highest BCUT2D eigenvalue weighted by Gasteiger charge is 2.37. The lowest BCUT2D eigenvalue weighted by Gasteiger charge is -2.43. The minimum atomic E-state index is 0.609. The van der Waals surface area contributed by atoms with Crippen molar-refractivity contribution in [2.75, 3.05) is 27.4 Å². The summed E-state index contributed by atoms with van der Waals surface area (Å²) >= 11 is 0. The third-order valence-corrected chi connectivity index (χ3v) is 4.01. The van der Waals surface area contributed by atoms with E-state index >= 15 is 0 Å². The van der Waals surface area contributed by atoms with E-state index in [0.717, 1.165) is 11.7 Å². The van der Waals surface area contributed by atoms with Gasteiger partial charge in [0.25, 0.3) is 0 Å². The Morgan fingerprint density at radius 3 is 2.50 bits per heavy atom. The van der Waals surface area contributed by atoms with E-state index in [1.165, 1.54) is 12.0 Å². The Labute approximate surface area is 109 Å². The van der Waals surface area contributed by atoms with E-state index < -0.39 is 0 Å². The van der Waals surface area contributed by atoms with Crippen LogP contribution in [0.2, 0.25) is 0 Å². The maximum Gasteiger partial charge on any atom is 0.119 e. The molecule has 0 spiro atoms. The molecule has 0 aliphatic heterocycles. The van der Waals surface area contributed by atoms with Crippen LogP contribution in [0, 0.1) is 5.92 Å². The fourth-order valence-electron chi connectivity index (χ4n) is 2.66. The Hall–Kier alpha value is -1.06. The summed E-state index contributed by atoms with van der Waals surface area (Å²) in [4.78, 5) is 0. The fraction of sp³-hybridized carbons (Fsp3) is 0.600. The first-order valence-electron chi connectivity index (χ1n) is 6.65. The lowest BCUT2D eigenvalue weighted by Crippen LogP contribution is -2.46. The van der Waals surface area contributed by atoms with Crippen molar-refractivity contribution in [3.05, 3.63) is 29.8 Å². The standard InChI is InChI=1S/C15H23NO2/c1-11-14(10-15(11)16-2)12-4-6-13(7-5-12)18-9-8-17-3/h4-7,11,14-16H,8-10H2,1-3H3. The van der Waals surface area contributed by atoms with Crippen LogP contribution in [0.3, 0.4) is 0 Å². The highest BCUT2D eigenvalue weighted by Crippen LogP contribution is 2.42. The largest absolute Gasteiger partial charge is 0.491 e. The zero-order chi connectivity index (χ0) is 13.0. The van der Waals surface area contributed by atoms with Crippen LogP contribution < -0.4 is 10.1 Å². The van der Waals surface area contributed by atoms with Gasteiger partial charge in [0.05, 0.1) is 6.61 Å². The number of hydrogen-bond acceptors (Lipinski definition) is 3.